The first-order valence-corrected chi connectivity index (χ1v) is 6.80. The first kappa shape index (κ1) is 14.5. The van der Waals surface area contributed by atoms with Crippen LogP contribution in [0.2, 0.25) is 10.3 Å². The van der Waals surface area contributed by atoms with Crippen molar-refractivity contribution in [2.75, 3.05) is 13.1 Å². The van der Waals surface area contributed by atoms with E-state index in [9.17, 15) is 9.18 Å². The Morgan fingerprint density at radius 3 is 2.95 bits per heavy atom. The molecular weight excluding hydrogens is 292 g/mol. The van der Waals surface area contributed by atoms with E-state index < -0.39 is 5.82 Å². The first-order chi connectivity index (χ1) is 9.02. The predicted octanol–water partition coefficient (Wildman–Crippen LogP) is 2.24. The molecule has 0 aromatic carbocycles. The molecule has 1 fully saturated rings. The summed E-state index contributed by atoms with van der Waals surface area (Å²) in [6, 6.07) is 1.06. The Balaban J connectivity index is 2.20. The van der Waals surface area contributed by atoms with Crippen LogP contribution in [-0.2, 0) is 11.3 Å². The van der Waals surface area contributed by atoms with Crippen molar-refractivity contribution in [3.63, 3.8) is 0 Å². The number of nitrogens with zero attached hydrogens (tertiary/aromatic N) is 2. The zero-order valence-electron chi connectivity index (χ0n) is 10.4. The summed E-state index contributed by atoms with van der Waals surface area (Å²) in [6.07, 6.45) is 0.687. The average Bonchev–Trinajstić information content (AvgIpc) is 2.36. The third-order valence-electron chi connectivity index (χ3n) is 3.16. The van der Waals surface area contributed by atoms with Crippen LogP contribution in [-0.4, -0.2) is 34.9 Å². The van der Waals surface area contributed by atoms with Gasteiger partial charge in [0.15, 0.2) is 11.0 Å². The molecule has 1 aliphatic heterocycles. The second kappa shape index (κ2) is 6.03. The maximum atomic E-state index is 13.4. The minimum absolute atomic E-state index is 0.00716. The van der Waals surface area contributed by atoms with E-state index in [1.165, 1.54) is 6.07 Å². The molecule has 7 heteroatoms. The molecule has 0 spiro atoms. The lowest BCUT2D eigenvalue weighted by Crippen LogP contribution is -2.54. The summed E-state index contributed by atoms with van der Waals surface area (Å²) in [5.74, 6) is -0.608. The van der Waals surface area contributed by atoms with Gasteiger partial charge in [0.2, 0.25) is 5.91 Å². The van der Waals surface area contributed by atoms with Gasteiger partial charge in [0.1, 0.15) is 5.15 Å². The van der Waals surface area contributed by atoms with Crippen LogP contribution in [0, 0.1) is 5.82 Å². The van der Waals surface area contributed by atoms with Gasteiger partial charge in [-0.05, 0) is 12.5 Å². The first-order valence-electron chi connectivity index (χ1n) is 6.05. The topological polar surface area (TPSA) is 45.2 Å². The molecule has 1 aromatic rings. The Bertz CT molecular complexity index is 498. The molecular formula is C12H14Cl2FN3O. The maximum absolute atomic E-state index is 13.4. The molecule has 0 saturated carbocycles. The van der Waals surface area contributed by atoms with E-state index >= 15 is 0 Å². The molecule has 0 aliphatic carbocycles. The van der Waals surface area contributed by atoms with E-state index in [1.54, 1.807) is 0 Å². The van der Waals surface area contributed by atoms with Crippen LogP contribution in [0.25, 0.3) is 0 Å². The molecule has 1 atom stereocenters. The van der Waals surface area contributed by atoms with Crippen molar-refractivity contribution in [2.24, 2.45) is 0 Å². The Morgan fingerprint density at radius 2 is 2.26 bits per heavy atom. The molecule has 2 heterocycles. The molecule has 1 saturated heterocycles. The van der Waals surface area contributed by atoms with Crippen molar-refractivity contribution < 1.29 is 9.18 Å². The monoisotopic (exact) mass is 305 g/mol. The van der Waals surface area contributed by atoms with Gasteiger partial charge in [0, 0.05) is 25.2 Å². The van der Waals surface area contributed by atoms with E-state index in [0.29, 0.717) is 31.6 Å². The van der Waals surface area contributed by atoms with Crippen LogP contribution in [0.1, 0.15) is 18.9 Å². The highest BCUT2D eigenvalue weighted by Crippen LogP contribution is 2.23. The Kier molecular flexibility index (Phi) is 4.60. The van der Waals surface area contributed by atoms with Crippen LogP contribution in [0.5, 0.6) is 0 Å². The predicted molar refractivity (Wildman–Crippen MR) is 71.7 cm³/mol. The molecule has 0 bridgehead atoms. The van der Waals surface area contributed by atoms with Gasteiger partial charge in [-0.2, -0.15) is 0 Å². The quantitative estimate of drug-likeness (QED) is 0.871. The summed E-state index contributed by atoms with van der Waals surface area (Å²) in [5.41, 5.74) is 0.539. The zero-order chi connectivity index (χ0) is 14.0. The van der Waals surface area contributed by atoms with E-state index in [-0.39, 0.29) is 22.3 Å². The number of carbonyl (C=O) groups excluding carboxylic acids is 1. The molecule has 1 N–H and O–H groups in total. The van der Waals surface area contributed by atoms with Gasteiger partial charge < -0.3 is 5.32 Å². The summed E-state index contributed by atoms with van der Waals surface area (Å²) in [4.78, 5) is 17.4. The average molecular weight is 306 g/mol. The molecule has 1 aliphatic rings. The number of hydrogen-bond acceptors (Lipinski definition) is 3. The van der Waals surface area contributed by atoms with Crippen LogP contribution in [0.4, 0.5) is 4.39 Å². The fourth-order valence-corrected chi connectivity index (χ4v) is 2.59. The smallest absolute Gasteiger partial charge is 0.237 e. The van der Waals surface area contributed by atoms with Crippen molar-refractivity contribution in [2.45, 2.75) is 25.9 Å². The Labute approximate surface area is 120 Å². The van der Waals surface area contributed by atoms with E-state index in [0.717, 1.165) is 0 Å². The lowest BCUT2D eigenvalue weighted by molar-refractivity contribution is -0.129. The van der Waals surface area contributed by atoms with Crippen LogP contribution in [0.3, 0.4) is 0 Å². The molecule has 1 unspecified atom stereocenters. The number of pyridine rings is 1. The number of nitrogens with one attached hydrogen (secondary N) is 1. The zero-order valence-corrected chi connectivity index (χ0v) is 11.9. The summed E-state index contributed by atoms with van der Waals surface area (Å²) in [6.45, 7) is 3.60. The number of aromatic nitrogens is 1. The summed E-state index contributed by atoms with van der Waals surface area (Å²) < 4.78 is 13.4. The minimum atomic E-state index is -0.601. The van der Waals surface area contributed by atoms with E-state index in [1.807, 2.05) is 11.8 Å². The second-order valence-corrected chi connectivity index (χ2v) is 5.11. The largest absolute Gasteiger partial charge is 0.353 e. The number of amides is 1. The summed E-state index contributed by atoms with van der Waals surface area (Å²) in [5, 5.41) is 2.74. The molecule has 1 aromatic heterocycles. The molecule has 2 rings (SSSR count). The van der Waals surface area contributed by atoms with Gasteiger partial charge in [-0.25, -0.2) is 9.37 Å². The standard InChI is InChI=1S/C12H14Cl2FN3O/c1-2-9-12(19)16-3-4-18(9)6-7-5-8(15)11(14)17-10(7)13/h5,9H,2-4,6H2,1H3,(H,16,19). The normalized spacial score (nSPS) is 20.4. The van der Waals surface area contributed by atoms with Crippen molar-refractivity contribution in [1.29, 1.82) is 0 Å². The number of carbonyl (C=O) groups is 1. The molecule has 0 radical (unpaired) electrons. The van der Waals surface area contributed by atoms with Crippen molar-refractivity contribution in [1.82, 2.24) is 15.2 Å². The van der Waals surface area contributed by atoms with Gasteiger partial charge in [-0.3, -0.25) is 9.69 Å². The third kappa shape index (κ3) is 3.16. The third-order valence-corrected chi connectivity index (χ3v) is 3.75. The molecule has 4 nitrogen and oxygen atoms in total. The second-order valence-electron chi connectivity index (χ2n) is 4.40. The van der Waals surface area contributed by atoms with Gasteiger partial charge >= 0.3 is 0 Å². The van der Waals surface area contributed by atoms with Crippen molar-refractivity contribution >= 4 is 29.1 Å². The van der Waals surface area contributed by atoms with Gasteiger partial charge in [-0.15, -0.1) is 0 Å². The van der Waals surface area contributed by atoms with Crippen LogP contribution in [0.15, 0.2) is 6.07 Å². The Hall–Kier alpha value is -0.910. The molecule has 19 heavy (non-hydrogen) atoms. The van der Waals surface area contributed by atoms with E-state index in [4.69, 9.17) is 23.2 Å². The van der Waals surface area contributed by atoms with Crippen molar-refractivity contribution in [3.05, 3.63) is 27.8 Å². The number of rotatable bonds is 3. The fourth-order valence-electron chi connectivity index (χ4n) is 2.21. The summed E-state index contributed by atoms with van der Waals surface area (Å²) in [7, 11) is 0. The highest BCUT2D eigenvalue weighted by Gasteiger charge is 2.28. The van der Waals surface area contributed by atoms with Gasteiger partial charge in [0.05, 0.1) is 6.04 Å². The lowest BCUT2D eigenvalue weighted by atomic mass is 10.1. The highest BCUT2D eigenvalue weighted by molar-refractivity contribution is 6.32. The number of halogens is 3. The van der Waals surface area contributed by atoms with Crippen LogP contribution >= 0.6 is 23.2 Å². The fraction of sp³-hybridized carbons (Fsp3) is 0.500. The number of piperazine rings is 1. The Morgan fingerprint density at radius 1 is 1.53 bits per heavy atom. The summed E-state index contributed by atoms with van der Waals surface area (Å²) >= 11 is 11.5. The van der Waals surface area contributed by atoms with Crippen molar-refractivity contribution in [3.8, 4) is 0 Å². The molecule has 1 amide bonds. The highest BCUT2D eigenvalue weighted by atomic mass is 35.5. The minimum Gasteiger partial charge on any atom is -0.353 e. The maximum Gasteiger partial charge on any atom is 0.237 e. The van der Waals surface area contributed by atoms with Crippen LogP contribution < -0.4 is 5.32 Å². The number of hydrogen-bond donors (Lipinski definition) is 1. The van der Waals surface area contributed by atoms with Gasteiger partial charge in [-0.1, -0.05) is 30.1 Å². The lowest BCUT2D eigenvalue weighted by Gasteiger charge is -2.34. The van der Waals surface area contributed by atoms with Gasteiger partial charge in [0.25, 0.3) is 0 Å². The molecule has 104 valence electrons. The van der Waals surface area contributed by atoms with E-state index in [2.05, 4.69) is 10.3 Å². The SMILES string of the molecule is CCC1C(=O)NCCN1Cc1cc(F)c(Cl)nc1Cl.